The predicted octanol–water partition coefficient (Wildman–Crippen LogP) is 14.1. The van der Waals surface area contributed by atoms with Gasteiger partial charge in [-0.05, 0) is 0 Å². The molecule has 0 aromatic carbocycles. The van der Waals surface area contributed by atoms with E-state index >= 15 is 0 Å². The molecule has 0 amide bonds. The van der Waals surface area contributed by atoms with Crippen molar-refractivity contribution in [2.24, 2.45) is 0 Å². The Morgan fingerprint density at radius 3 is 0.537 bits per heavy atom. The molecule has 4 radical (unpaired) electrons. The van der Waals surface area contributed by atoms with Gasteiger partial charge in [-0.3, -0.25) is 0 Å². The molecule has 0 atom stereocenters. The average Bonchev–Trinajstić information content (AvgIpc) is 2.95. The third-order valence-electron chi connectivity index (χ3n) is 7.00. The van der Waals surface area contributed by atoms with Crippen molar-refractivity contribution in [3.8, 4) is 0 Å². The summed E-state index contributed by atoms with van der Waals surface area (Å²) in [5.41, 5.74) is 0. The van der Waals surface area contributed by atoms with Crippen LogP contribution in [0.4, 0.5) is 0 Å². The van der Waals surface area contributed by atoms with Crippen molar-refractivity contribution in [1.82, 2.24) is 0 Å². The van der Waals surface area contributed by atoms with Crippen LogP contribution in [0.2, 0.25) is 0 Å². The van der Waals surface area contributed by atoms with E-state index in [-0.39, 0.29) is 23.9 Å². The molecule has 248 valence electrons. The fourth-order valence-electron chi connectivity index (χ4n) is 4.59. The Morgan fingerprint density at radius 1 is 0.293 bits per heavy atom. The third kappa shape index (κ3) is 74.4. The van der Waals surface area contributed by atoms with Crippen molar-refractivity contribution >= 4 is 49.2 Å². The van der Waals surface area contributed by atoms with Gasteiger partial charge in [0.1, 0.15) is 0 Å². The van der Waals surface area contributed by atoms with Crippen LogP contribution in [0.25, 0.3) is 0 Å². The molecule has 3 heteroatoms. The van der Waals surface area contributed by atoms with Gasteiger partial charge < -0.3 is 25.3 Å². The summed E-state index contributed by atoms with van der Waals surface area (Å²) in [6, 6.07) is 0. The minimum Gasteiger partial charge on any atom is -0.793 e. The summed E-state index contributed by atoms with van der Waals surface area (Å²) in [5.74, 6) is 1.91. The van der Waals surface area contributed by atoms with Crippen LogP contribution in [0.1, 0.15) is 220 Å². The first-order valence-corrected chi connectivity index (χ1v) is 19.6. The molecule has 0 fully saturated rings. The Hall–Kier alpha value is 1.50. The largest absolute Gasteiger partial charge is 2.00 e. The van der Waals surface area contributed by atoms with E-state index in [0.717, 1.165) is 24.3 Å². The van der Waals surface area contributed by atoms with Crippen molar-refractivity contribution in [1.29, 1.82) is 0 Å². The van der Waals surface area contributed by atoms with Gasteiger partial charge >= 0.3 is 23.9 Å². The van der Waals surface area contributed by atoms with Crippen molar-refractivity contribution in [3.05, 3.63) is 13.8 Å². The summed E-state index contributed by atoms with van der Waals surface area (Å²) in [7, 11) is 0. The van der Waals surface area contributed by atoms with Crippen molar-refractivity contribution < 1.29 is 0 Å². The molecule has 0 heterocycles. The van der Waals surface area contributed by atoms with Gasteiger partial charge in [0.25, 0.3) is 0 Å². The topological polar surface area (TPSA) is 0 Å². The second kappa shape index (κ2) is 60.7. The summed E-state index contributed by atoms with van der Waals surface area (Å²) >= 11 is 9.88. The number of rotatable bonds is 28. The van der Waals surface area contributed by atoms with E-state index < -0.39 is 0 Å². The standard InChI is InChI=1S/2C16H34S.2C3H7.Sn/c2*1-2-3-4-5-6-7-8-9-10-11-12-13-14-15-16-17;2*1-3-2;/h2*17H,2-16H2,1H3;2*1,3H2,2H3;/q;;;;+2/p-2. The van der Waals surface area contributed by atoms with Crippen LogP contribution in [-0.2, 0) is 25.3 Å². The molecule has 0 saturated carbocycles. The van der Waals surface area contributed by atoms with Gasteiger partial charge in [-0.15, -0.1) is 0 Å². The molecule has 0 saturated heterocycles. The Kier molecular flexibility index (Phi) is 77.0. The molecule has 0 unspecified atom stereocenters. The van der Waals surface area contributed by atoms with Gasteiger partial charge in [0.2, 0.25) is 0 Å². The van der Waals surface area contributed by atoms with E-state index in [1.54, 1.807) is 0 Å². The summed E-state index contributed by atoms with van der Waals surface area (Å²) in [6.45, 7) is 15.6. The fraction of sp³-hybridized carbons (Fsp3) is 0.947. The Bertz CT molecular complexity index is 278. The van der Waals surface area contributed by atoms with Gasteiger partial charge in [-0.1, -0.05) is 234 Å². The van der Waals surface area contributed by atoms with E-state index in [0.29, 0.717) is 0 Å². The molecule has 0 nitrogen and oxygen atoms in total. The monoisotopic (exact) mass is 720 g/mol. The Balaban J connectivity index is -0.000000173. The fourth-order valence-corrected chi connectivity index (χ4v) is 5.00. The number of hydrogen-bond donors (Lipinski definition) is 0. The quantitative estimate of drug-likeness (QED) is 0.0449. The molecule has 0 N–H and O–H groups in total. The van der Waals surface area contributed by atoms with Gasteiger partial charge in [-0.25, -0.2) is 0 Å². The van der Waals surface area contributed by atoms with Crippen LogP contribution in [0.5, 0.6) is 0 Å². The maximum atomic E-state index is 4.94. The maximum Gasteiger partial charge on any atom is 2.00 e. The third-order valence-corrected chi connectivity index (χ3v) is 7.57. The normalized spacial score (nSPS) is 9.95. The minimum atomic E-state index is 0. The maximum absolute atomic E-state index is 4.94. The second-order valence-corrected chi connectivity index (χ2v) is 12.4. The van der Waals surface area contributed by atoms with Crippen molar-refractivity contribution in [2.75, 3.05) is 11.5 Å². The summed E-state index contributed by atoms with van der Waals surface area (Å²) < 4.78 is 0. The number of hydrogen-bond acceptors (Lipinski definition) is 2. The minimum absolute atomic E-state index is 0. The molecule has 0 rings (SSSR count). The first kappa shape index (κ1) is 52.0. The van der Waals surface area contributed by atoms with E-state index in [1.807, 2.05) is 13.8 Å². The molecule has 0 bridgehead atoms. The Labute approximate surface area is 293 Å². The zero-order chi connectivity index (χ0) is 30.6. The van der Waals surface area contributed by atoms with E-state index in [9.17, 15) is 0 Å². The molecular weight excluding hydrogens is 639 g/mol. The van der Waals surface area contributed by atoms with Gasteiger partial charge in [-0.2, -0.15) is 11.5 Å². The summed E-state index contributed by atoms with van der Waals surface area (Å²) in [6.07, 6.45) is 42.0. The summed E-state index contributed by atoms with van der Waals surface area (Å²) in [5, 5.41) is 0. The molecular formula is C38H80S2Sn. The van der Waals surface area contributed by atoms with Crippen LogP contribution in [0, 0.1) is 13.8 Å². The van der Waals surface area contributed by atoms with E-state index in [4.69, 9.17) is 25.3 Å². The molecule has 0 aliphatic carbocycles. The predicted molar refractivity (Wildman–Crippen MR) is 202 cm³/mol. The molecule has 41 heavy (non-hydrogen) atoms. The van der Waals surface area contributed by atoms with E-state index in [2.05, 4.69) is 27.7 Å². The van der Waals surface area contributed by atoms with Gasteiger partial charge in [0.15, 0.2) is 0 Å². The van der Waals surface area contributed by atoms with Crippen LogP contribution in [0.15, 0.2) is 0 Å². The first-order valence-electron chi connectivity index (χ1n) is 18.4. The zero-order valence-corrected chi connectivity index (χ0v) is 33.8. The average molecular weight is 720 g/mol. The molecule has 0 aliphatic heterocycles. The SMILES string of the molecule is CCCCCCCCCCCCCCCC[S-].CCCCCCCCCCCCCCCC[S-].[CH2]CC.[CH2]CC.[Sn+2]. The molecule has 0 aromatic heterocycles. The summed E-state index contributed by atoms with van der Waals surface area (Å²) in [4.78, 5) is 0. The van der Waals surface area contributed by atoms with Gasteiger partial charge in [0, 0.05) is 0 Å². The molecule has 0 aromatic rings. The van der Waals surface area contributed by atoms with Crippen LogP contribution in [-0.4, -0.2) is 35.4 Å². The molecule has 0 spiro atoms. The number of unbranched alkanes of at least 4 members (excludes halogenated alkanes) is 26. The first-order chi connectivity index (χ1) is 19.7. The van der Waals surface area contributed by atoms with Crippen LogP contribution >= 0.6 is 0 Å². The van der Waals surface area contributed by atoms with Gasteiger partial charge in [0.05, 0.1) is 0 Å². The van der Waals surface area contributed by atoms with Crippen molar-refractivity contribution in [2.45, 2.75) is 220 Å². The second-order valence-electron chi connectivity index (χ2n) is 11.6. The van der Waals surface area contributed by atoms with E-state index in [1.165, 1.54) is 180 Å². The Morgan fingerprint density at radius 2 is 0.415 bits per heavy atom. The van der Waals surface area contributed by atoms with Crippen LogP contribution < -0.4 is 0 Å². The zero-order valence-electron chi connectivity index (χ0n) is 29.4. The molecule has 0 aliphatic rings. The van der Waals surface area contributed by atoms with Crippen molar-refractivity contribution in [3.63, 3.8) is 0 Å². The van der Waals surface area contributed by atoms with Crippen LogP contribution in [0.3, 0.4) is 0 Å². The smallest absolute Gasteiger partial charge is 0.793 e.